The van der Waals surface area contributed by atoms with Crippen LogP contribution in [0.25, 0.3) is 0 Å². The number of hydrogen-bond acceptors (Lipinski definition) is 6. The molecule has 0 aliphatic heterocycles. The van der Waals surface area contributed by atoms with E-state index in [1.54, 1.807) is 18.7 Å². The molecule has 8 nitrogen and oxygen atoms in total. The molecule has 6 N–H and O–H groups in total. The first kappa shape index (κ1) is 21.7. The number of carboxylic acid groups (broad SMARTS) is 1. The van der Waals surface area contributed by atoms with Crippen molar-refractivity contribution in [1.82, 2.24) is 10.6 Å². The van der Waals surface area contributed by atoms with E-state index in [0.29, 0.717) is 12.8 Å². The van der Waals surface area contributed by atoms with E-state index in [2.05, 4.69) is 10.6 Å². The highest BCUT2D eigenvalue weighted by Crippen LogP contribution is 2.09. The van der Waals surface area contributed by atoms with E-state index in [4.69, 9.17) is 15.9 Å². The van der Waals surface area contributed by atoms with Crippen molar-refractivity contribution in [3.8, 4) is 0 Å². The molecule has 0 aromatic rings. The van der Waals surface area contributed by atoms with Crippen molar-refractivity contribution in [3.63, 3.8) is 0 Å². The summed E-state index contributed by atoms with van der Waals surface area (Å²) in [6.45, 7) is 2.90. The highest BCUT2D eigenvalue weighted by atomic mass is 32.2. The Morgan fingerprint density at radius 1 is 1.22 bits per heavy atom. The van der Waals surface area contributed by atoms with Crippen molar-refractivity contribution in [2.24, 2.45) is 11.7 Å². The number of aliphatic hydroxyl groups is 1. The molecule has 0 aliphatic carbocycles. The van der Waals surface area contributed by atoms with Crippen LogP contribution >= 0.6 is 11.8 Å². The van der Waals surface area contributed by atoms with Crippen molar-refractivity contribution < 1.29 is 24.6 Å². The molecular weight excluding hydrogens is 322 g/mol. The van der Waals surface area contributed by atoms with Crippen molar-refractivity contribution in [2.45, 2.75) is 44.8 Å². The van der Waals surface area contributed by atoms with Gasteiger partial charge in [-0.25, -0.2) is 4.79 Å². The standard InChI is InChI=1S/C14H27N3O5S/c1-4-8(2)11(13(20)16-10(7-18)14(21)22)17-12(19)9(15)5-6-23-3/h8-11,18H,4-7,15H2,1-3H3,(H,16,20)(H,17,19)(H,21,22). The van der Waals surface area contributed by atoms with Gasteiger partial charge in [0.25, 0.3) is 0 Å². The van der Waals surface area contributed by atoms with E-state index in [1.165, 1.54) is 0 Å². The Bertz CT molecular complexity index is 408. The summed E-state index contributed by atoms with van der Waals surface area (Å²) >= 11 is 1.57. The fraction of sp³-hybridized carbons (Fsp3) is 0.786. The predicted molar refractivity (Wildman–Crippen MR) is 89.0 cm³/mol. The van der Waals surface area contributed by atoms with E-state index < -0.39 is 42.5 Å². The topological polar surface area (TPSA) is 142 Å². The molecule has 0 aromatic heterocycles. The van der Waals surface area contributed by atoms with Crippen molar-refractivity contribution in [3.05, 3.63) is 0 Å². The van der Waals surface area contributed by atoms with Gasteiger partial charge in [-0.3, -0.25) is 9.59 Å². The second-order valence-electron chi connectivity index (χ2n) is 5.34. The number of carbonyl (C=O) groups is 3. The summed E-state index contributed by atoms with van der Waals surface area (Å²) in [6.07, 6.45) is 2.99. The van der Waals surface area contributed by atoms with E-state index in [1.807, 2.05) is 13.2 Å². The minimum Gasteiger partial charge on any atom is -0.480 e. The zero-order chi connectivity index (χ0) is 18.0. The van der Waals surface area contributed by atoms with Crippen molar-refractivity contribution in [2.75, 3.05) is 18.6 Å². The number of aliphatic hydroxyl groups excluding tert-OH is 1. The molecular formula is C14H27N3O5S. The summed E-state index contributed by atoms with van der Waals surface area (Å²) < 4.78 is 0. The fourth-order valence-corrected chi connectivity index (χ4v) is 2.27. The number of rotatable bonds is 11. The molecule has 23 heavy (non-hydrogen) atoms. The molecule has 0 saturated carbocycles. The van der Waals surface area contributed by atoms with E-state index >= 15 is 0 Å². The van der Waals surface area contributed by atoms with Crippen molar-refractivity contribution in [1.29, 1.82) is 0 Å². The second-order valence-corrected chi connectivity index (χ2v) is 6.33. The summed E-state index contributed by atoms with van der Waals surface area (Å²) in [4.78, 5) is 35.2. The minimum absolute atomic E-state index is 0.208. The predicted octanol–water partition coefficient (Wildman–Crippen LogP) is -0.841. The molecule has 0 rings (SSSR count). The van der Waals surface area contributed by atoms with Crippen LogP contribution in [0.5, 0.6) is 0 Å². The van der Waals surface area contributed by atoms with Crippen LogP contribution < -0.4 is 16.4 Å². The van der Waals surface area contributed by atoms with Gasteiger partial charge in [0.2, 0.25) is 11.8 Å². The Kier molecular flexibility index (Phi) is 10.6. The van der Waals surface area contributed by atoms with Gasteiger partial charge < -0.3 is 26.6 Å². The first-order chi connectivity index (χ1) is 10.8. The third kappa shape index (κ3) is 7.67. The molecule has 0 radical (unpaired) electrons. The Hall–Kier alpha value is -1.32. The number of carboxylic acids is 1. The lowest BCUT2D eigenvalue weighted by Gasteiger charge is -2.26. The molecule has 0 fully saturated rings. The molecule has 4 atom stereocenters. The van der Waals surface area contributed by atoms with Gasteiger partial charge in [-0.05, 0) is 24.3 Å². The number of hydrogen-bond donors (Lipinski definition) is 5. The molecule has 0 aliphatic rings. The Labute approximate surface area is 140 Å². The first-order valence-electron chi connectivity index (χ1n) is 7.47. The van der Waals surface area contributed by atoms with E-state index in [-0.39, 0.29) is 5.92 Å². The van der Waals surface area contributed by atoms with E-state index in [0.717, 1.165) is 5.75 Å². The molecule has 0 spiro atoms. The smallest absolute Gasteiger partial charge is 0.328 e. The number of thioether (sulfide) groups is 1. The summed E-state index contributed by atoms with van der Waals surface area (Å²) in [5.74, 6) is -1.92. The van der Waals surface area contributed by atoms with Gasteiger partial charge in [0, 0.05) is 0 Å². The Morgan fingerprint density at radius 2 is 1.83 bits per heavy atom. The minimum atomic E-state index is -1.41. The van der Waals surface area contributed by atoms with Gasteiger partial charge in [-0.2, -0.15) is 11.8 Å². The number of nitrogens with two attached hydrogens (primary N) is 1. The molecule has 0 saturated heterocycles. The lowest BCUT2D eigenvalue weighted by atomic mass is 9.97. The number of nitrogens with one attached hydrogen (secondary N) is 2. The second kappa shape index (κ2) is 11.3. The van der Waals surface area contributed by atoms with Gasteiger partial charge >= 0.3 is 5.97 Å². The Balaban J connectivity index is 4.90. The van der Waals surface area contributed by atoms with Gasteiger partial charge in [-0.15, -0.1) is 0 Å². The van der Waals surface area contributed by atoms with Crippen LogP contribution in [-0.2, 0) is 14.4 Å². The van der Waals surface area contributed by atoms with Crippen LogP contribution in [0.15, 0.2) is 0 Å². The summed E-state index contributed by atoms with van der Waals surface area (Å²) in [5, 5.41) is 22.7. The molecule has 2 amide bonds. The molecule has 0 aromatic carbocycles. The first-order valence-corrected chi connectivity index (χ1v) is 8.86. The van der Waals surface area contributed by atoms with Crippen LogP contribution in [0.2, 0.25) is 0 Å². The van der Waals surface area contributed by atoms with Gasteiger partial charge in [0.15, 0.2) is 0 Å². The summed E-state index contributed by atoms with van der Waals surface area (Å²) in [6, 6.07) is -3.03. The van der Waals surface area contributed by atoms with Crippen LogP contribution in [0, 0.1) is 5.92 Å². The van der Waals surface area contributed by atoms with Crippen molar-refractivity contribution >= 4 is 29.5 Å². The number of amides is 2. The average molecular weight is 349 g/mol. The third-order valence-electron chi connectivity index (χ3n) is 3.56. The maximum atomic E-state index is 12.2. The highest BCUT2D eigenvalue weighted by Gasteiger charge is 2.30. The monoisotopic (exact) mass is 349 g/mol. The lowest BCUT2D eigenvalue weighted by molar-refractivity contribution is -0.143. The maximum Gasteiger partial charge on any atom is 0.328 e. The molecule has 4 unspecified atom stereocenters. The third-order valence-corrected chi connectivity index (χ3v) is 4.20. The SMILES string of the molecule is CCC(C)C(NC(=O)C(N)CCSC)C(=O)NC(CO)C(=O)O. The van der Waals surface area contributed by atoms with Crippen LogP contribution in [-0.4, -0.2) is 64.7 Å². The normalized spacial score (nSPS) is 16.0. The van der Waals surface area contributed by atoms with Gasteiger partial charge in [0.05, 0.1) is 12.6 Å². The molecule has 134 valence electrons. The molecule has 0 bridgehead atoms. The quantitative estimate of drug-likeness (QED) is 0.327. The summed E-state index contributed by atoms with van der Waals surface area (Å²) in [7, 11) is 0. The molecule has 9 heteroatoms. The number of carbonyl (C=O) groups excluding carboxylic acids is 2. The van der Waals surface area contributed by atoms with Crippen LogP contribution in [0.3, 0.4) is 0 Å². The highest BCUT2D eigenvalue weighted by molar-refractivity contribution is 7.98. The van der Waals surface area contributed by atoms with Crippen LogP contribution in [0.4, 0.5) is 0 Å². The zero-order valence-corrected chi connectivity index (χ0v) is 14.6. The largest absolute Gasteiger partial charge is 0.480 e. The molecule has 0 heterocycles. The summed E-state index contributed by atoms with van der Waals surface area (Å²) in [5.41, 5.74) is 5.78. The van der Waals surface area contributed by atoms with Crippen LogP contribution in [0.1, 0.15) is 26.7 Å². The number of aliphatic carboxylic acids is 1. The Morgan fingerprint density at radius 3 is 2.26 bits per heavy atom. The van der Waals surface area contributed by atoms with Gasteiger partial charge in [0.1, 0.15) is 12.1 Å². The lowest BCUT2D eigenvalue weighted by Crippen LogP contribution is -2.57. The fourth-order valence-electron chi connectivity index (χ4n) is 1.79. The van der Waals surface area contributed by atoms with Gasteiger partial charge in [-0.1, -0.05) is 20.3 Å². The van der Waals surface area contributed by atoms with E-state index in [9.17, 15) is 14.4 Å². The maximum absolute atomic E-state index is 12.2. The average Bonchev–Trinajstić information content (AvgIpc) is 2.53. The zero-order valence-electron chi connectivity index (χ0n) is 13.7.